The Morgan fingerprint density at radius 3 is 2.66 bits per heavy atom. The second kappa shape index (κ2) is 11.0. The number of likely N-dealkylation sites (tertiary alicyclic amines) is 1. The molecule has 1 spiro atoms. The molecule has 0 unspecified atom stereocenters. The molecule has 29 heavy (non-hydrogen) atoms. The molecule has 1 aliphatic carbocycles. The standard InChI is InChI=1S/C22H34N4O2.HI/c1-4-23-21(26-13-12-22(16-26)10-6-5-7-11-22)24-15-18-8-9-20(28-3)19(14-18)25-17(2)27;/h8-9,14H,4-7,10-13,15-16H2,1-3H3,(H,23,24)(H,25,27);1H. The summed E-state index contributed by atoms with van der Waals surface area (Å²) in [5, 5.41) is 6.30. The zero-order valence-corrected chi connectivity index (χ0v) is 20.3. The number of nitrogens with one attached hydrogen (secondary N) is 2. The second-order valence-corrected chi connectivity index (χ2v) is 8.12. The lowest BCUT2D eigenvalue weighted by Gasteiger charge is -2.33. The van der Waals surface area contributed by atoms with Gasteiger partial charge in [0.25, 0.3) is 0 Å². The Labute approximate surface area is 191 Å². The molecule has 2 N–H and O–H groups in total. The summed E-state index contributed by atoms with van der Waals surface area (Å²) in [5.41, 5.74) is 2.24. The maximum Gasteiger partial charge on any atom is 0.221 e. The van der Waals surface area contributed by atoms with Crippen LogP contribution in [0.5, 0.6) is 5.75 Å². The van der Waals surface area contributed by atoms with Gasteiger partial charge in [-0.05, 0) is 49.3 Å². The summed E-state index contributed by atoms with van der Waals surface area (Å²) in [6.45, 7) is 7.26. The van der Waals surface area contributed by atoms with Gasteiger partial charge in [-0.2, -0.15) is 0 Å². The summed E-state index contributed by atoms with van der Waals surface area (Å²) in [6.07, 6.45) is 8.15. The number of halogens is 1. The SMILES string of the molecule is CCNC(=NCc1ccc(OC)c(NC(C)=O)c1)N1CCC2(CCCCC2)C1.I. The Morgan fingerprint density at radius 2 is 2.00 bits per heavy atom. The molecule has 2 aliphatic rings. The fourth-order valence-corrected chi connectivity index (χ4v) is 4.56. The van der Waals surface area contributed by atoms with Crippen molar-refractivity contribution in [2.75, 3.05) is 32.1 Å². The first kappa shape index (κ1) is 23.8. The monoisotopic (exact) mass is 514 g/mol. The van der Waals surface area contributed by atoms with Gasteiger partial charge in [0.15, 0.2) is 5.96 Å². The van der Waals surface area contributed by atoms with E-state index in [-0.39, 0.29) is 29.9 Å². The predicted octanol–water partition coefficient (Wildman–Crippen LogP) is 4.39. The molecule has 6 nitrogen and oxygen atoms in total. The van der Waals surface area contributed by atoms with E-state index in [1.165, 1.54) is 45.4 Å². The van der Waals surface area contributed by atoms with Crippen LogP contribution in [0, 0.1) is 5.41 Å². The molecule has 1 aliphatic heterocycles. The van der Waals surface area contributed by atoms with Crippen molar-refractivity contribution in [1.29, 1.82) is 0 Å². The number of nitrogens with zero attached hydrogens (tertiary/aromatic N) is 2. The summed E-state index contributed by atoms with van der Waals surface area (Å²) in [7, 11) is 1.61. The van der Waals surface area contributed by atoms with Gasteiger partial charge < -0.3 is 20.3 Å². The minimum Gasteiger partial charge on any atom is -0.495 e. The van der Waals surface area contributed by atoms with Gasteiger partial charge in [0.2, 0.25) is 5.91 Å². The van der Waals surface area contributed by atoms with Crippen molar-refractivity contribution < 1.29 is 9.53 Å². The molecule has 0 aromatic heterocycles. The van der Waals surface area contributed by atoms with Crippen LogP contribution in [0.3, 0.4) is 0 Å². The first-order valence-electron chi connectivity index (χ1n) is 10.5. The Hall–Kier alpha value is -1.51. The van der Waals surface area contributed by atoms with E-state index in [2.05, 4.69) is 22.5 Å². The molecule has 1 amide bonds. The normalized spacial score (nSPS) is 18.3. The number of carbonyl (C=O) groups is 1. The van der Waals surface area contributed by atoms with Gasteiger partial charge in [0.1, 0.15) is 5.75 Å². The number of ether oxygens (including phenoxy) is 1. The number of carbonyl (C=O) groups excluding carboxylic acids is 1. The van der Waals surface area contributed by atoms with Gasteiger partial charge in [-0.15, -0.1) is 24.0 Å². The molecule has 2 fully saturated rings. The average molecular weight is 514 g/mol. The van der Waals surface area contributed by atoms with Crippen LogP contribution in [0.15, 0.2) is 23.2 Å². The second-order valence-electron chi connectivity index (χ2n) is 8.12. The zero-order valence-electron chi connectivity index (χ0n) is 17.9. The fraction of sp³-hybridized carbons (Fsp3) is 0.636. The number of hydrogen-bond donors (Lipinski definition) is 2. The lowest BCUT2D eigenvalue weighted by Crippen LogP contribution is -2.41. The molecule has 1 saturated heterocycles. The predicted molar refractivity (Wildman–Crippen MR) is 129 cm³/mol. The minimum absolute atomic E-state index is 0. The number of amides is 1. The summed E-state index contributed by atoms with van der Waals surface area (Å²) >= 11 is 0. The molecule has 3 rings (SSSR count). The van der Waals surface area contributed by atoms with Gasteiger partial charge in [0, 0.05) is 26.6 Å². The maximum absolute atomic E-state index is 11.5. The van der Waals surface area contributed by atoms with E-state index in [9.17, 15) is 4.79 Å². The van der Waals surface area contributed by atoms with Crippen LogP contribution in [0.2, 0.25) is 0 Å². The lowest BCUT2D eigenvalue weighted by molar-refractivity contribution is -0.114. The topological polar surface area (TPSA) is 66.0 Å². The van der Waals surface area contributed by atoms with Crippen molar-refractivity contribution in [2.24, 2.45) is 10.4 Å². The molecule has 1 saturated carbocycles. The van der Waals surface area contributed by atoms with Crippen LogP contribution >= 0.6 is 24.0 Å². The highest BCUT2D eigenvalue weighted by Gasteiger charge is 2.39. The summed E-state index contributed by atoms with van der Waals surface area (Å²) in [4.78, 5) is 18.8. The zero-order chi connectivity index (χ0) is 20.0. The van der Waals surface area contributed by atoms with Crippen molar-refractivity contribution in [3.05, 3.63) is 23.8 Å². The highest BCUT2D eigenvalue weighted by atomic mass is 127. The van der Waals surface area contributed by atoms with Gasteiger partial charge in [-0.1, -0.05) is 25.3 Å². The van der Waals surface area contributed by atoms with Crippen molar-refractivity contribution in [3.63, 3.8) is 0 Å². The molecule has 1 aromatic rings. The van der Waals surface area contributed by atoms with E-state index in [0.29, 0.717) is 23.4 Å². The van der Waals surface area contributed by atoms with E-state index in [1.54, 1.807) is 7.11 Å². The van der Waals surface area contributed by atoms with Gasteiger partial charge in [-0.25, -0.2) is 4.99 Å². The third-order valence-electron chi connectivity index (χ3n) is 5.97. The lowest BCUT2D eigenvalue weighted by atomic mass is 9.73. The highest BCUT2D eigenvalue weighted by molar-refractivity contribution is 14.0. The number of rotatable bonds is 5. The summed E-state index contributed by atoms with van der Waals surface area (Å²) < 4.78 is 5.34. The molecule has 0 atom stereocenters. The molecular formula is C22H35IN4O2. The number of guanidine groups is 1. The largest absolute Gasteiger partial charge is 0.495 e. The third-order valence-corrected chi connectivity index (χ3v) is 5.97. The molecule has 0 radical (unpaired) electrons. The quantitative estimate of drug-likeness (QED) is 0.348. The molecule has 0 bridgehead atoms. The van der Waals surface area contributed by atoms with E-state index in [4.69, 9.17) is 9.73 Å². The number of hydrogen-bond acceptors (Lipinski definition) is 3. The molecule has 1 aromatic carbocycles. The third kappa shape index (κ3) is 6.23. The van der Waals surface area contributed by atoms with Crippen LogP contribution in [0.4, 0.5) is 5.69 Å². The van der Waals surface area contributed by atoms with Gasteiger partial charge in [-0.3, -0.25) is 4.79 Å². The van der Waals surface area contributed by atoms with E-state index < -0.39 is 0 Å². The summed E-state index contributed by atoms with van der Waals surface area (Å²) in [6, 6.07) is 5.83. The van der Waals surface area contributed by atoms with Crippen LogP contribution in [0.1, 0.15) is 57.9 Å². The minimum atomic E-state index is -0.109. The van der Waals surface area contributed by atoms with Crippen LogP contribution in [-0.4, -0.2) is 43.5 Å². The number of aliphatic imine (C=N–C) groups is 1. The number of methoxy groups -OCH3 is 1. The molecular weight excluding hydrogens is 479 g/mol. The molecule has 162 valence electrons. The number of anilines is 1. The molecule has 1 heterocycles. The maximum atomic E-state index is 11.5. The average Bonchev–Trinajstić information content (AvgIpc) is 3.08. The van der Waals surface area contributed by atoms with Crippen molar-refractivity contribution in [1.82, 2.24) is 10.2 Å². The number of benzene rings is 1. The van der Waals surface area contributed by atoms with Crippen molar-refractivity contribution in [2.45, 2.75) is 58.9 Å². The van der Waals surface area contributed by atoms with Crippen LogP contribution in [-0.2, 0) is 11.3 Å². The van der Waals surface area contributed by atoms with Crippen molar-refractivity contribution >= 4 is 41.5 Å². The Kier molecular flexibility index (Phi) is 9.04. The first-order chi connectivity index (χ1) is 13.5. The Balaban J connectivity index is 0.00000300. The van der Waals surface area contributed by atoms with Crippen molar-refractivity contribution in [3.8, 4) is 5.75 Å². The fourth-order valence-electron chi connectivity index (χ4n) is 4.56. The first-order valence-corrected chi connectivity index (χ1v) is 10.5. The Morgan fingerprint density at radius 1 is 1.24 bits per heavy atom. The highest BCUT2D eigenvalue weighted by Crippen LogP contribution is 2.43. The van der Waals surface area contributed by atoms with Gasteiger partial charge >= 0.3 is 0 Å². The molecule has 7 heteroatoms. The summed E-state index contributed by atoms with van der Waals surface area (Å²) in [5.74, 6) is 1.55. The van der Waals surface area contributed by atoms with Crippen LogP contribution < -0.4 is 15.4 Å². The van der Waals surface area contributed by atoms with Gasteiger partial charge in [0.05, 0.1) is 19.3 Å². The van der Waals surface area contributed by atoms with E-state index in [0.717, 1.165) is 31.2 Å². The smallest absolute Gasteiger partial charge is 0.221 e. The Bertz CT molecular complexity index is 717. The van der Waals surface area contributed by atoms with E-state index >= 15 is 0 Å². The van der Waals surface area contributed by atoms with Crippen LogP contribution in [0.25, 0.3) is 0 Å². The van der Waals surface area contributed by atoms with E-state index in [1.807, 2.05) is 18.2 Å².